The molecule has 0 aliphatic carbocycles. The molecular weight excluding hydrogens is 526 g/mol. The largest absolute Gasteiger partial charge is 0.444 e. The maximum atomic E-state index is 12.7. The van der Waals surface area contributed by atoms with Gasteiger partial charge < -0.3 is 25.4 Å². The fourth-order valence-corrected chi connectivity index (χ4v) is 3.84. The normalized spacial score (nSPS) is 11.0. The first-order valence-electron chi connectivity index (χ1n) is 13.4. The molecule has 1 aromatic heterocycles. The summed E-state index contributed by atoms with van der Waals surface area (Å²) in [6.45, 7) is 6.46. The molecule has 0 saturated carbocycles. The molecule has 3 N–H and O–H groups in total. The summed E-state index contributed by atoms with van der Waals surface area (Å²) in [5, 5.41) is 12.8. The highest BCUT2D eigenvalue weighted by Gasteiger charge is 2.15. The number of alkyl carbamates (subject to hydrolysis) is 1. The Balaban J connectivity index is 1.58. The Labute approximate surface area is 239 Å². The summed E-state index contributed by atoms with van der Waals surface area (Å²) in [5.41, 5.74) is 2.24. The molecule has 0 spiro atoms. The standard InChI is InChI=1S/C30H37N5O6/c1-30(2,3)41-29(39)32-16-6-5-15-31-28(38)23-11-8-10-22(18-23)25-13-14-27(37)35(34-25)19-21-9-7-12-24(17-21)33-26(36)20-40-4/h7-14,17-18H,5-6,15-16,19-20H2,1-4H3,(H,31,38)(H,32,39)(H,33,36). The molecule has 0 bridgehead atoms. The minimum atomic E-state index is -0.546. The summed E-state index contributed by atoms with van der Waals surface area (Å²) >= 11 is 0. The number of anilines is 1. The first-order valence-corrected chi connectivity index (χ1v) is 13.4. The van der Waals surface area contributed by atoms with E-state index in [9.17, 15) is 19.2 Å². The highest BCUT2D eigenvalue weighted by molar-refractivity contribution is 5.95. The number of benzene rings is 2. The van der Waals surface area contributed by atoms with Gasteiger partial charge in [0.05, 0.1) is 12.2 Å². The van der Waals surface area contributed by atoms with Crippen LogP contribution in [-0.4, -0.2) is 60.1 Å². The van der Waals surface area contributed by atoms with Crippen LogP contribution in [0.4, 0.5) is 10.5 Å². The average Bonchev–Trinajstić information content (AvgIpc) is 2.91. The maximum Gasteiger partial charge on any atom is 0.407 e. The number of hydrogen-bond acceptors (Lipinski definition) is 7. The molecule has 41 heavy (non-hydrogen) atoms. The van der Waals surface area contributed by atoms with E-state index in [1.807, 2.05) is 12.1 Å². The molecule has 3 rings (SSSR count). The second-order valence-corrected chi connectivity index (χ2v) is 10.4. The van der Waals surface area contributed by atoms with E-state index in [0.717, 1.165) is 5.56 Å². The Kier molecular flexibility index (Phi) is 11.2. The number of ether oxygens (including phenoxy) is 2. The third-order valence-electron chi connectivity index (χ3n) is 5.66. The predicted octanol–water partition coefficient (Wildman–Crippen LogP) is 3.58. The van der Waals surface area contributed by atoms with Gasteiger partial charge in [-0.3, -0.25) is 14.4 Å². The van der Waals surface area contributed by atoms with Crippen LogP contribution in [0.1, 0.15) is 49.5 Å². The van der Waals surface area contributed by atoms with Crippen molar-refractivity contribution in [3.63, 3.8) is 0 Å². The number of carbonyl (C=O) groups is 3. The van der Waals surface area contributed by atoms with Gasteiger partial charge in [-0.1, -0.05) is 24.3 Å². The van der Waals surface area contributed by atoms with Crippen LogP contribution in [-0.2, 0) is 20.8 Å². The van der Waals surface area contributed by atoms with Gasteiger partial charge in [0, 0.05) is 43.1 Å². The lowest BCUT2D eigenvalue weighted by molar-refractivity contribution is -0.119. The summed E-state index contributed by atoms with van der Waals surface area (Å²) in [4.78, 5) is 48.8. The molecule has 0 saturated heterocycles. The van der Waals surface area contributed by atoms with Crippen molar-refractivity contribution >= 4 is 23.6 Å². The van der Waals surface area contributed by atoms with Crippen LogP contribution in [0.5, 0.6) is 0 Å². The van der Waals surface area contributed by atoms with E-state index < -0.39 is 11.7 Å². The number of rotatable bonds is 12. The smallest absolute Gasteiger partial charge is 0.407 e. The fourth-order valence-electron chi connectivity index (χ4n) is 3.84. The summed E-state index contributed by atoms with van der Waals surface area (Å²) in [6.07, 6.45) is 0.914. The molecule has 3 amide bonds. The SMILES string of the molecule is COCC(=O)Nc1cccc(Cn2nc(-c3cccc(C(=O)NCCCCNC(=O)OC(C)(C)C)c3)ccc2=O)c1. The Morgan fingerprint density at radius 3 is 2.39 bits per heavy atom. The van der Waals surface area contributed by atoms with Crippen molar-refractivity contribution < 1.29 is 23.9 Å². The second kappa shape index (κ2) is 14.8. The number of amides is 3. The fraction of sp³-hybridized carbons (Fsp3) is 0.367. The third kappa shape index (κ3) is 10.5. The summed E-state index contributed by atoms with van der Waals surface area (Å²) in [6, 6.07) is 17.2. The third-order valence-corrected chi connectivity index (χ3v) is 5.66. The van der Waals surface area contributed by atoms with Crippen LogP contribution < -0.4 is 21.5 Å². The van der Waals surface area contributed by atoms with Crippen molar-refractivity contribution in [3.05, 3.63) is 82.1 Å². The van der Waals surface area contributed by atoms with Crippen molar-refractivity contribution in [1.29, 1.82) is 0 Å². The number of nitrogens with one attached hydrogen (secondary N) is 3. The molecule has 11 heteroatoms. The van der Waals surface area contributed by atoms with E-state index in [2.05, 4.69) is 21.0 Å². The van der Waals surface area contributed by atoms with Gasteiger partial charge in [0.25, 0.3) is 11.5 Å². The van der Waals surface area contributed by atoms with Gasteiger partial charge in [-0.15, -0.1) is 0 Å². The highest BCUT2D eigenvalue weighted by Crippen LogP contribution is 2.18. The van der Waals surface area contributed by atoms with Gasteiger partial charge in [0.2, 0.25) is 5.91 Å². The Morgan fingerprint density at radius 2 is 1.66 bits per heavy atom. The Bertz CT molecular complexity index is 1410. The topological polar surface area (TPSA) is 141 Å². The minimum Gasteiger partial charge on any atom is -0.444 e. The quantitative estimate of drug-likeness (QED) is 0.286. The molecule has 0 fully saturated rings. The molecule has 218 valence electrons. The second-order valence-electron chi connectivity index (χ2n) is 10.4. The number of hydrogen-bond donors (Lipinski definition) is 3. The van der Waals surface area contributed by atoms with Gasteiger partial charge in [-0.25, -0.2) is 9.48 Å². The van der Waals surface area contributed by atoms with Crippen LogP contribution in [0.2, 0.25) is 0 Å². The molecule has 0 unspecified atom stereocenters. The minimum absolute atomic E-state index is 0.0578. The monoisotopic (exact) mass is 563 g/mol. The predicted molar refractivity (Wildman–Crippen MR) is 156 cm³/mol. The van der Waals surface area contributed by atoms with Crippen LogP contribution in [0.3, 0.4) is 0 Å². The van der Waals surface area contributed by atoms with Crippen molar-refractivity contribution in [3.8, 4) is 11.3 Å². The molecule has 1 heterocycles. The maximum absolute atomic E-state index is 12.7. The van der Waals surface area contributed by atoms with Crippen molar-refractivity contribution in [2.75, 3.05) is 32.1 Å². The molecular formula is C30H37N5O6. The van der Waals surface area contributed by atoms with Crippen LogP contribution in [0.15, 0.2) is 65.5 Å². The van der Waals surface area contributed by atoms with Gasteiger partial charge in [0.15, 0.2) is 0 Å². The highest BCUT2D eigenvalue weighted by atomic mass is 16.6. The van der Waals surface area contributed by atoms with Gasteiger partial charge in [-0.05, 0) is 69.5 Å². The van der Waals surface area contributed by atoms with Gasteiger partial charge >= 0.3 is 6.09 Å². The van der Waals surface area contributed by atoms with E-state index >= 15 is 0 Å². The van der Waals surface area contributed by atoms with Gasteiger partial charge in [0.1, 0.15) is 12.2 Å². The molecule has 0 aliphatic heterocycles. The zero-order valence-corrected chi connectivity index (χ0v) is 23.9. The Morgan fingerprint density at radius 1 is 0.927 bits per heavy atom. The first-order chi connectivity index (χ1) is 19.5. The number of unbranched alkanes of at least 4 members (excludes halogenated alkanes) is 1. The zero-order chi connectivity index (χ0) is 29.8. The Hall–Kier alpha value is -4.51. The number of carbonyl (C=O) groups excluding carboxylic acids is 3. The van der Waals surface area contributed by atoms with Gasteiger partial charge in [-0.2, -0.15) is 5.10 Å². The lowest BCUT2D eigenvalue weighted by Crippen LogP contribution is -2.33. The molecule has 2 aromatic carbocycles. The van der Waals surface area contributed by atoms with E-state index in [1.165, 1.54) is 17.9 Å². The molecule has 11 nitrogen and oxygen atoms in total. The van der Waals surface area contributed by atoms with E-state index in [-0.39, 0.29) is 30.5 Å². The van der Waals surface area contributed by atoms with Crippen molar-refractivity contribution in [1.82, 2.24) is 20.4 Å². The molecule has 0 aliphatic rings. The van der Waals surface area contributed by atoms with Crippen molar-refractivity contribution in [2.45, 2.75) is 45.8 Å². The van der Waals surface area contributed by atoms with Crippen LogP contribution in [0.25, 0.3) is 11.3 Å². The number of aromatic nitrogens is 2. The van der Waals surface area contributed by atoms with Crippen LogP contribution >= 0.6 is 0 Å². The lowest BCUT2D eigenvalue weighted by atomic mass is 10.1. The van der Waals surface area contributed by atoms with E-state index in [1.54, 1.807) is 63.2 Å². The van der Waals surface area contributed by atoms with Crippen molar-refractivity contribution in [2.24, 2.45) is 0 Å². The number of methoxy groups -OCH3 is 1. The van der Waals surface area contributed by atoms with Crippen LogP contribution in [0, 0.1) is 0 Å². The zero-order valence-electron chi connectivity index (χ0n) is 23.9. The van der Waals surface area contributed by atoms with E-state index in [0.29, 0.717) is 48.4 Å². The first kappa shape index (κ1) is 31.0. The number of nitrogens with zero attached hydrogens (tertiary/aromatic N) is 2. The average molecular weight is 564 g/mol. The lowest BCUT2D eigenvalue weighted by Gasteiger charge is -2.19. The molecule has 0 atom stereocenters. The molecule has 3 aromatic rings. The van der Waals surface area contributed by atoms with E-state index in [4.69, 9.17) is 9.47 Å². The summed E-state index contributed by atoms with van der Waals surface area (Å²) < 4.78 is 11.4. The molecule has 0 radical (unpaired) electrons. The summed E-state index contributed by atoms with van der Waals surface area (Å²) in [7, 11) is 1.44. The summed E-state index contributed by atoms with van der Waals surface area (Å²) in [5.74, 6) is -0.506.